The number of methoxy groups -OCH3 is 1. The summed E-state index contributed by atoms with van der Waals surface area (Å²) in [6, 6.07) is 2.06. The summed E-state index contributed by atoms with van der Waals surface area (Å²) in [5.74, 6) is 0.216. The standard InChI is InChI=1S/C15H22O3/c1-10-9-14(18-4)12(3)11(2)13(10)7-5-6-8-15(16)17/h9H,5-8H2,1-4H3,(H,16,17). The van der Waals surface area contributed by atoms with E-state index >= 15 is 0 Å². The van der Waals surface area contributed by atoms with Gasteiger partial charge in [-0.25, -0.2) is 0 Å². The topological polar surface area (TPSA) is 46.5 Å². The number of ether oxygens (including phenoxy) is 1. The Labute approximate surface area is 109 Å². The Morgan fingerprint density at radius 3 is 2.44 bits per heavy atom. The summed E-state index contributed by atoms with van der Waals surface area (Å²) >= 11 is 0. The van der Waals surface area contributed by atoms with Gasteiger partial charge in [0.05, 0.1) is 7.11 Å². The maximum Gasteiger partial charge on any atom is 0.303 e. The molecule has 0 spiro atoms. The van der Waals surface area contributed by atoms with Gasteiger partial charge in [-0.15, -0.1) is 0 Å². The molecule has 1 aromatic carbocycles. The van der Waals surface area contributed by atoms with Crippen molar-refractivity contribution in [3.8, 4) is 5.75 Å². The summed E-state index contributed by atoms with van der Waals surface area (Å²) < 4.78 is 5.34. The van der Waals surface area contributed by atoms with Crippen LogP contribution in [-0.2, 0) is 11.2 Å². The van der Waals surface area contributed by atoms with Gasteiger partial charge in [-0.3, -0.25) is 4.79 Å². The molecule has 1 rings (SSSR count). The smallest absolute Gasteiger partial charge is 0.303 e. The van der Waals surface area contributed by atoms with Gasteiger partial charge in [0.15, 0.2) is 0 Å². The van der Waals surface area contributed by atoms with Crippen molar-refractivity contribution < 1.29 is 14.6 Å². The lowest BCUT2D eigenvalue weighted by Gasteiger charge is -2.15. The van der Waals surface area contributed by atoms with E-state index in [-0.39, 0.29) is 6.42 Å². The van der Waals surface area contributed by atoms with Crippen LogP contribution in [0.4, 0.5) is 0 Å². The van der Waals surface area contributed by atoms with Crippen molar-refractivity contribution in [3.05, 3.63) is 28.3 Å². The van der Waals surface area contributed by atoms with Gasteiger partial charge in [0.25, 0.3) is 0 Å². The molecular formula is C15H22O3. The highest BCUT2D eigenvalue weighted by Gasteiger charge is 2.10. The molecule has 0 aromatic heterocycles. The summed E-state index contributed by atoms with van der Waals surface area (Å²) in [6.45, 7) is 6.26. The van der Waals surface area contributed by atoms with E-state index in [1.54, 1.807) is 7.11 Å². The van der Waals surface area contributed by atoms with Crippen LogP contribution < -0.4 is 4.74 Å². The number of carboxylic acid groups (broad SMARTS) is 1. The van der Waals surface area contributed by atoms with Gasteiger partial charge in [0, 0.05) is 6.42 Å². The minimum atomic E-state index is -0.714. The number of rotatable bonds is 6. The van der Waals surface area contributed by atoms with Crippen molar-refractivity contribution in [3.63, 3.8) is 0 Å². The Bertz CT molecular complexity index is 436. The first-order valence-corrected chi connectivity index (χ1v) is 6.32. The number of benzene rings is 1. The number of aliphatic carboxylic acids is 1. The number of aryl methyl sites for hydroxylation is 1. The van der Waals surface area contributed by atoms with Crippen LogP contribution in [0.1, 0.15) is 41.5 Å². The molecule has 18 heavy (non-hydrogen) atoms. The van der Waals surface area contributed by atoms with E-state index in [0.29, 0.717) is 0 Å². The third kappa shape index (κ3) is 3.49. The van der Waals surface area contributed by atoms with E-state index in [4.69, 9.17) is 9.84 Å². The van der Waals surface area contributed by atoms with E-state index in [2.05, 4.69) is 26.8 Å². The van der Waals surface area contributed by atoms with Gasteiger partial charge in [-0.1, -0.05) is 0 Å². The van der Waals surface area contributed by atoms with Gasteiger partial charge in [0.1, 0.15) is 5.75 Å². The first kappa shape index (κ1) is 14.6. The lowest BCUT2D eigenvalue weighted by Crippen LogP contribution is -2.01. The van der Waals surface area contributed by atoms with Crippen LogP contribution >= 0.6 is 0 Å². The molecule has 1 aromatic rings. The summed E-state index contributed by atoms with van der Waals surface area (Å²) in [6.07, 6.45) is 2.85. The van der Waals surface area contributed by atoms with Crippen molar-refractivity contribution in [2.24, 2.45) is 0 Å². The average molecular weight is 250 g/mol. The van der Waals surface area contributed by atoms with Gasteiger partial charge in [0.2, 0.25) is 0 Å². The molecule has 100 valence electrons. The van der Waals surface area contributed by atoms with E-state index < -0.39 is 5.97 Å². The lowest BCUT2D eigenvalue weighted by atomic mass is 9.93. The van der Waals surface area contributed by atoms with Crippen LogP contribution in [0.5, 0.6) is 5.75 Å². The third-order valence-corrected chi connectivity index (χ3v) is 3.50. The van der Waals surface area contributed by atoms with E-state index in [9.17, 15) is 4.79 Å². The van der Waals surface area contributed by atoms with Gasteiger partial charge >= 0.3 is 5.97 Å². The monoisotopic (exact) mass is 250 g/mol. The second kappa shape index (κ2) is 6.43. The van der Waals surface area contributed by atoms with Crippen molar-refractivity contribution in [2.75, 3.05) is 7.11 Å². The average Bonchev–Trinajstić information content (AvgIpc) is 2.32. The molecule has 0 amide bonds. The second-order valence-corrected chi connectivity index (χ2v) is 4.73. The normalized spacial score (nSPS) is 10.4. The van der Waals surface area contributed by atoms with Crippen LogP contribution in [0, 0.1) is 20.8 Å². The van der Waals surface area contributed by atoms with Crippen LogP contribution in [0.25, 0.3) is 0 Å². The summed E-state index contributed by atoms with van der Waals surface area (Å²) in [5.41, 5.74) is 5.00. The van der Waals surface area contributed by atoms with Gasteiger partial charge in [-0.2, -0.15) is 0 Å². The largest absolute Gasteiger partial charge is 0.496 e. The Morgan fingerprint density at radius 2 is 1.89 bits per heavy atom. The number of carbonyl (C=O) groups is 1. The molecule has 3 heteroatoms. The summed E-state index contributed by atoms with van der Waals surface area (Å²) in [4.78, 5) is 10.5. The van der Waals surface area contributed by atoms with Crippen molar-refractivity contribution in [1.82, 2.24) is 0 Å². The van der Waals surface area contributed by atoms with E-state index in [0.717, 1.165) is 25.0 Å². The molecule has 0 saturated carbocycles. The molecule has 0 bridgehead atoms. The number of hydrogen-bond donors (Lipinski definition) is 1. The number of hydrogen-bond acceptors (Lipinski definition) is 2. The fourth-order valence-electron chi connectivity index (χ4n) is 2.27. The van der Waals surface area contributed by atoms with Crippen molar-refractivity contribution >= 4 is 5.97 Å². The molecule has 0 saturated heterocycles. The van der Waals surface area contributed by atoms with Gasteiger partial charge in [-0.05, 0) is 68.4 Å². The zero-order valence-corrected chi connectivity index (χ0v) is 11.7. The Balaban J connectivity index is 2.77. The highest BCUT2D eigenvalue weighted by Crippen LogP contribution is 2.28. The molecule has 0 radical (unpaired) electrons. The molecule has 1 N–H and O–H groups in total. The Hall–Kier alpha value is -1.51. The first-order valence-electron chi connectivity index (χ1n) is 6.32. The molecule has 0 atom stereocenters. The van der Waals surface area contributed by atoms with E-state index in [1.807, 2.05) is 0 Å². The summed E-state index contributed by atoms with van der Waals surface area (Å²) in [7, 11) is 1.69. The predicted molar refractivity (Wildman–Crippen MR) is 72.4 cm³/mol. The van der Waals surface area contributed by atoms with Crippen LogP contribution in [0.2, 0.25) is 0 Å². The minimum absolute atomic E-state index is 0.257. The molecule has 3 nitrogen and oxygen atoms in total. The molecule has 0 fully saturated rings. The molecular weight excluding hydrogens is 228 g/mol. The zero-order chi connectivity index (χ0) is 13.7. The molecule has 0 heterocycles. The highest BCUT2D eigenvalue weighted by molar-refractivity contribution is 5.66. The Morgan fingerprint density at radius 1 is 1.22 bits per heavy atom. The molecule has 0 aliphatic rings. The fraction of sp³-hybridized carbons (Fsp3) is 0.533. The van der Waals surface area contributed by atoms with E-state index in [1.165, 1.54) is 22.3 Å². The lowest BCUT2D eigenvalue weighted by molar-refractivity contribution is -0.137. The quantitative estimate of drug-likeness (QED) is 0.787. The van der Waals surface area contributed by atoms with Crippen molar-refractivity contribution in [1.29, 1.82) is 0 Å². The summed E-state index contributed by atoms with van der Waals surface area (Å²) in [5, 5.41) is 8.62. The third-order valence-electron chi connectivity index (χ3n) is 3.50. The van der Waals surface area contributed by atoms with Gasteiger partial charge < -0.3 is 9.84 Å². The number of unbranched alkanes of at least 4 members (excludes halogenated alkanes) is 1. The van der Waals surface area contributed by atoms with Crippen LogP contribution in [0.15, 0.2) is 6.07 Å². The molecule has 0 unspecified atom stereocenters. The SMILES string of the molecule is COc1cc(C)c(CCCCC(=O)O)c(C)c1C. The minimum Gasteiger partial charge on any atom is -0.496 e. The Kier molecular flexibility index (Phi) is 5.20. The van der Waals surface area contributed by atoms with Crippen LogP contribution in [-0.4, -0.2) is 18.2 Å². The van der Waals surface area contributed by atoms with Crippen LogP contribution in [0.3, 0.4) is 0 Å². The maximum absolute atomic E-state index is 10.5. The molecule has 0 aliphatic carbocycles. The zero-order valence-electron chi connectivity index (χ0n) is 11.7. The molecule has 0 aliphatic heterocycles. The second-order valence-electron chi connectivity index (χ2n) is 4.73. The van der Waals surface area contributed by atoms with Crippen molar-refractivity contribution in [2.45, 2.75) is 46.5 Å². The first-order chi connectivity index (χ1) is 8.47. The number of carboxylic acids is 1. The predicted octanol–water partition coefficient (Wildman–Crippen LogP) is 3.42. The highest BCUT2D eigenvalue weighted by atomic mass is 16.5. The fourth-order valence-corrected chi connectivity index (χ4v) is 2.27. The maximum atomic E-state index is 10.5.